The molecular weight excluding hydrogens is 268 g/mol. The van der Waals surface area contributed by atoms with Crippen LogP contribution in [0.15, 0.2) is 41.1 Å². The number of hydrogen-bond acceptors (Lipinski definition) is 6. The highest BCUT2D eigenvalue weighted by molar-refractivity contribution is 5.82. The standard InChI is InChI=1S/C15H16N4O2/c1-20-12(9-16)8-14-18-15(19-21-14)11-4-5-13-10(7-11)3-2-6-17-13/h2-7,12H,8-9,16H2,1H3. The van der Waals surface area contributed by atoms with Gasteiger partial charge in [0.25, 0.3) is 0 Å². The van der Waals surface area contributed by atoms with E-state index in [1.165, 1.54) is 0 Å². The summed E-state index contributed by atoms with van der Waals surface area (Å²) < 4.78 is 10.5. The summed E-state index contributed by atoms with van der Waals surface area (Å²) in [6.45, 7) is 0.413. The van der Waals surface area contributed by atoms with Crippen molar-refractivity contribution in [3.8, 4) is 11.4 Å². The highest BCUT2D eigenvalue weighted by Gasteiger charge is 2.14. The molecule has 0 aliphatic heterocycles. The molecule has 21 heavy (non-hydrogen) atoms. The van der Waals surface area contributed by atoms with Gasteiger partial charge in [0.2, 0.25) is 11.7 Å². The number of pyridine rings is 1. The Morgan fingerprint density at radius 3 is 3.05 bits per heavy atom. The van der Waals surface area contributed by atoms with E-state index >= 15 is 0 Å². The van der Waals surface area contributed by atoms with Crippen molar-refractivity contribution in [1.29, 1.82) is 0 Å². The Morgan fingerprint density at radius 1 is 1.33 bits per heavy atom. The second kappa shape index (κ2) is 5.99. The minimum absolute atomic E-state index is 0.112. The van der Waals surface area contributed by atoms with Gasteiger partial charge < -0.3 is 15.0 Å². The van der Waals surface area contributed by atoms with Gasteiger partial charge in [-0.05, 0) is 24.3 Å². The SMILES string of the molecule is COC(CN)Cc1nc(-c2ccc3ncccc3c2)no1. The third kappa shape index (κ3) is 2.91. The molecule has 0 radical (unpaired) electrons. The van der Waals surface area contributed by atoms with Crippen molar-refractivity contribution in [2.24, 2.45) is 5.73 Å². The van der Waals surface area contributed by atoms with Crippen molar-refractivity contribution in [3.63, 3.8) is 0 Å². The molecule has 2 heterocycles. The van der Waals surface area contributed by atoms with E-state index in [2.05, 4.69) is 15.1 Å². The molecule has 1 atom stereocenters. The third-order valence-corrected chi connectivity index (χ3v) is 3.33. The van der Waals surface area contributed by atoms with E-state index in [0.29, 0.717) is 24.7 Å². The van der Waals surface area contributed by atoms with Crippen molar-refractivity contribution in [1.82, 2.24) is 15.1 Å². The van der Waals surface area contributed by atoms with Crippen LogP contribution in [0.3, 0.4) is 0 Å². The van der Waals surface area contributed by atoms with Crippen LogP contribution in [-0.2, 0) is 11.2 Å². The molecule has 0 spiro atoms. The van der Waals surface area contributed by atoms with Crippen LogP contribution in [0.25, 0.3) is 22.3 Å². The van der Waals surface area contributed by atoms with Gasteiger partial charge >= 0.3 is 0 Å². The van der Waals surface area contributed by atoms with Gasteiger partial charge in [-0.3, -0.25) is 4.98 Å². The van der Waals surface area contributed by atoms with Crippen LogP contribution in [-0.4, -0.2) is 34.9 Å². The highest BCUT2D eigenvalue weighted by atomic mass is 16.5. The molecule has 0 aliphatic rings. The lowest BCUT2D eigenvalue weighted by atomic mass is 10.1. The normalized spacial score (nSPS) is 12.7. The monoisotopic (exact) mass is 284 g/mol. The number of nitrogens with two attached hydrogens (primary N) is 1. The van der Waals surface area contributed by atoms with Crippen molar-refractivity contribution >= 4 is 10.9 Å². The molecule has 0 aliphatic carbocycles. The summed E-state index contributed by atoms with van der Waals surface area (Å²) in [7, 11) is 1.62. The minimum atomic E-state index is -0.112. The molecule has 108 valence electrons. The quantitative estimate of drug-likeness (QED) is 0.768. The average molecular weight is 284 g/mol. The summed E-state index contributed by atoms with van der Waals surface area (Å²) in [4.78, 5) is 8.68. The molecule has 1 aromatic carbocycles. The molecule has 3 rings (SSSR count). The maximum Gasteiger partial charge on any atom is 0.229 e. The van der Waals surface area contributed by atoms with Crippen LogP contribution >= 0.6 is 0 Å². The lowest BCUT2D eigenvalue weighted by Crippen LogP contribution is -2.24. The molecule has 0 fully saturated rings. The largest absolute Gasteiger partial charge is 0.380 e. The van der Waals surface area contributed by atoms with Crippen LogP contribution in [0.2, 0.25) is 0 Å². The summed E-state index contributed by atoms with van der Waals surface area (Å²) in [6.07, 6.45) is 2.17. The van der Waals surface area contributed by atoms with Gasteiger partial charge in [0.05, 0.1) is 18.0 Å². The van der Waals surface area contributed by atoms with Crippen LogP contribution < -0.4 is 5.73 Å². The maximum absolute atomic E-state index is 5.59. The summed E-state index contributed by atoms with van der Waals surface area (Å²) in [5.41, 5.74) is 7.42. The fraction of sp³-hybridized carbons (Fsp3) is 0.267. The predicted octanol–water partition coefficient (Wildman–Crippen LogP) is 1.80. The van der Waals surface area contributed by atoms with E-state index in [-0.39, 0.29) is 6.10 Å². The molecule has 6 nitrogen and oxygen atoms in total. The van der Waals surface area contributed by atoms with E-state index < -0.39 is 0 Å². The molecule has 2 aromatic heterocycles. The first-order valence-corrected chi connectivity index (χ1v) is 6.70. The summed E-state index contributed by atoms with van der Waals surface area (Å²) in [5.74, 6) is 1.08. The first kappa shape index (κ1) is 13.7. The Bertz CT molecular complexity index is 737. The first-order chi connectivity index (χ1) is 10.3. The number of methoxy groups -OCH3 is 1. The van der Waals surface area contributed by atoms with E-state index in [9.17, 15) is 0 Å². The number of hydrogen-bond donors (Lipinski definition) is 1. The van der Waals surface area contributed by atoms with E-state index in [0.717, 1.165) is 16.5 Å². The highest BCUT2D eigenvalue weighted by Crippen LogP contribution is 2.21. The zero-order chi connectivity index (χ0) is 14.7. The third-order valence-electron chi connectivity index (χ3n) is 3.33. The van der Waals surface area contributed by atoms with Gasteiger partial charge in [0, 0.05) is 30.8 Å². The van der Waals surface area contributed by atoms with Crippen molar-refractivity contribution in [2.45, 2.75) is 12.5 Å². The van der Waals surface area contributed by atoms with Gasteiger partial charge in [-0.2, -0.15) is 4.98 Å². The molecule has 0 saturated carbocycles. The smallest absolute Gasteiger partial charge is 0.229 e. The molecule has 3 aromatic rings. The Morgan fingerprint density at radius 2 is 2.24 bits per heavy atom. The second-order valence-electron chi connectivity index (χ2n) is 4.72. The zero-order valence-electron chi connectivity index (χ0n) is 11.7. The molecule has 0 bridgehead atoms. The van der Waals surface area contributed by atoms with E-state index in [4.69, 9.17) is 15.0 Å². The molecule has 0 amide bonds. The summed E-state index contributed by atoms with van der Waals surface area (Å²) in [6, 6.07) is 9.77. The average Bonchev–Trinajstić information content (AvgIpc) is 3.00. The van der Waals surface area contributed by atoms with Crippen LogP contribution in [0, 0.1) is 0 Å². The molecule has 0 saturated heterocycles. The topological polar surface area (TPSA) is 87.1 Å². The molecule has 2 N–H and O–H groups in total. The first-order valence-electron chi connectivity index (χ1n) is 6.70. The molecular formula is C15H16N4O2. The van der Waals surface area contributed by atoms with Gasteiger partial charge in [-0.15, -0.1) is 0 Å². The van der Waals surface area contributed by atoms with Gasteiger partial charge in [-0.25, -0.2) is 0 Å². The lowest BCUT2D eigenvalue weighted by molar-refractivity contribution is 0.102. The second-order valence-corrected chi connectivity index (χ2v) is 4.72. The fourth-order valence-corrected chi connectivity index (χ4v) is 2.13. The van der Waals surface area contributed by atoms with Crippen LogP contribution in [0.1, 0.15) is 5.89 Å². The summed E-state index contributed by atoms with van der Waals surface area (Å²) in [5, 5.41) is 5.05. The predicted molar refractivity (Wildman–Crippen MR) is 78.6 cm³/mol. The van der Waals surface area contributed by atoms with Crippen molar-refractivity contribution in [3.05, 3.63) is 42.4 Å². The van der Waals surface area contributed by atoms with Crippen LogP contribution in [0.4, 0.5) is 0 Å². The van der Waals surface area contributed by atoms with Crippen molar-refractivity contribution in [2.75, 3.05) is 13.7 Å². The van der Waals surface area contributed by atoms with Crippen LogP contribution in [0.5, 0.6) is 0 Å². The Balaban J connectivity index is 1.87. The Kier molecular flexibility index (Phi) is 3.89. The maximum atomic E-state index is 5.59. The molecule has 1 unspecified atom stereocenters. The number of aromatic nitrogens is 3. The Hall–Kier alpha value is -2.31. The number of nitrogens with zero attached hydrogens (tertiary/aromatic N) is 3. The Labute approximate surface area is 121 Å². The summed E-state index contributed by atoms with van der Waals surface area (Å²) >= 11 is 0. The minimum Gasteiger partial charge on any atom is -0.380 e. The van der Waals surface area contributed by atoms with E-state index in [1.54, 1.807) is 13.3 Å². The van der Waals surface area contributed by atoms with Gasteiger partial charge in [-0.1, -0.05) is 11.2 Å². The number of benzene rings is 1. The number of ether oxygens (including phenoxy) is 1. The zero-order valence-corrected chi connectivity index (χ0v) is 11.7. The van der Waals surface area contributed by atoms with Crippen molar-refractivity contribution < 1.29 is 9.26 Å². The number of fused-ring (bicyclic) bond motifs is 1. The number of rotatable bonds is 5. The molecule has 6 heteroatoms. The lowest BCUT2D eigenvalue weighted by Gasteiger charge is -2.08. The fourth-order valence-electron chi connectivity index (χ4n) is 2.13. The van der Waals surface area contributed by atoms with Gasteiger partial charge in [0.1, 0.15) is 0 Å². The van der Waals surface area contributed by atoms with E-state index in [1.807, 2.05) is 30.3 Å². The van der Waals surface area contributed by atoms with Gasteiger partial charge in [0.15, 0.2) is 0 Å².